The molecule has 7 nitrogen and oxygen atoms in total. The van der Waals surface area contributed by atoms with Crippen LogP contribution in [0, 0.1) is 13.8 Å². The van der Waals surface area contributed by atoms with Crippen molar-refractivity contribution >= 4 is 16.7 Å². The number of hydrogen-bond acceptors (Lipinski definition) is 5. The lowest BCUT2D eigenvalue weighted by Gasteiger charge is -2.05. The van der Waals surface area contributed by atoms with Crippen molar-refractivity contribution < 1.29 is 9.15 Å². The Bertz CT molecular complexity index is 1430. The second kappa shape index (κ2) is 6.34. The topological polar surface area (TPSA) is 85.4 Å². The van der Waals surface area contributed by atoms with Gasteiger partial charge in [0.1, 0.15) is 17.0 Å². The molecule has 0 amide bonds. The minimum atomic E-state index is -0.285. The molecule has 0 radical (unpaired) electrons. The maximum Gasteiger partial charge on any atom is 0.287 e. The third kappa shape index (κ3) is 2.55. The first kappa shape index (κ1) is 17.2. The third-order valence-corrected chi connectivity index (χ3v) is 5.03. The van der Waals surface area contributed by atoms with E-state index in [1.54, 1.807) is 19.2 Å². The normalized spacial score (nSPS) is 11.4. The Morgan fingerprint density at radius 1 is 1.03 bits per heavy atom. The van der Waals surface area contributed by atoms with Gasteiger partial charge in [-0.1, -0.05) is 36.4 Å². The highest BCUT2D eigenvalue weighted by atomic mass is 16.5. The fourth-order valence-corrected chi connectivity index (χ4v) is 3.69. The minimum absolute atomic E-state index is 0.236. The van der Waals surface area contributed by atoms with Crippen LogP contribution in [0.5, 0.6) is 5.75 Å². The first-order valence-electron chi connectivity index (χ1n) is 9.20. The summed E-state index contributed by atoms with van der Waals surface area (Å²) in [5.41, 5.74) is 5.15. The molecule has 0 spiro atoms. The van der Waals surface area contributed by atoms with Gasteiger partial charge in [-0.15, -0.1) is 0 Å². The number of aromatic nitrogens is 4. The average molecular weight is 386 g/mol. The Morgan fingerprint density at radius 2 is 1.83 bits per heavy atom. The van der Waals surface area contributed by atoms with Crippen molar-refractivity contribution in [2.75, 3.05) is 7.11 Å². The molecule has 0 saturated carbocycles. The van der Waals surface area contributed by atoms with Crippen LogP contribution in [0.4, 0.5) is 0 Å². The number of methoxy groups -OCH3 is 1. The predicted molar refractivity (Wildman–Crippen MR) is 110 cm³/mol. The van der Waals surface area contributed by atoms with Gasteiger partial charge in [-0.05, 0) is 31.5 Å². The van der Waals surface area contributed by atoms with E-state index >= 15 is 0 Å². The molecule has 0 aliphatic heterocycles. The summed E-state index contributed by atoms with van der Waals surface area (Å²) in [6.45, 7) is 3.72. The van der Waals surface area contributed by atoms with Gasteiger partial charge in [0.25, 0.3) is 5.56 Å². The summed E-state index contributed by atoms with van der Waals surface area (Å²) in [5, 5.41) is 4.48. The number of aromatic amines is 1. The van der Waals surface area contributed by atoms with Crippen LogP contribution in [0.25, 0.3) is 39.3 Å². The molecule has 0 aliphatic carbocycles. The second-order valence-corrected chi connectivity index (χ2v) is 6.84. The van der Waals surface area contributed by atoms with E-state index in [9.17, 15) is 4.79 Å². The molecule has 7 heteroatoms. The van der Waals surface area contributed by atoms with Crippen LogP contribution >= 0.6 is 0 Å². The quantitative estimate of drug-likeness (QED) is 0.504. The number of nitrogens with zero attached hydrogens (tertiary/aromatic N) is 3. The monoisotopic (exact) mass is 386 g/mol. The molecule has 2 aromatic carbocycles. The summed E-state index contributed by atoms with van der Waals surface area (Å²) in [6.07, 6.45) is 0. The zero-order valence-corrected chi connectivity index (χ0v) is 16.2. The number of hydrogen-bond donors (Lipinski definition) is 1. The van der Waals surface area contributed by atoms with Crippen LogP contribution in [0.2, 0.25) is 0 Å². The zero-order valence-electron chi connectivity index (χ0n) is 16.2. The van der Waals surface area contributed by atoms with E-state index in [1.165, 1.54) is 4.52 Å². The maximum atomic E-state index is 13.3. The smallest absolute Gasteiger partial charge is 0.287 e. The van der Waals surface area contributed by atoms with Crippen molar-refractivity contribution in [2.24, 2.45) is 0 Å². The fraction of sp³-hybridized carbons (Fsp3) is 0.136. The molecule has 1 N–H and O–H groups in total. The summed E-state index contributed by atoms with van der Waals surface area (Å²) in [4.78, 5) is 21.2. The lowest BCUT2D eigenvalue weighted by molar-refractivity contribution is 0.419. The fourth-order valence-electron chi connectivity index (χ4n) is 3.69. The Balaban J connectivity index is 1.78. The standard InChI is InChI=1S/C22H18N4O3/c1-12-18(21-24-19-15(28-3)10-7-11-16(19)29-21)22(27)26-20(23-12)17(13(2)25-26)14-8-5-4-6-9-14/h4-11,23H,1-3H3. The zero-order chi connectivity index (χ0) is 20.1. The second-order valence-electron chi connectivity index (χ2n) is 6.84. The van der Waals surface area contributed by atoms with Crippen LogP contribution in [0.15, 0.2) is 57.7 Å². The summed E-state index contributed by atoms with van der Waals surface area (Å²) >= 11 is 0. The summed E-state index contributed by atoms with van der Waals surface area (Å²) in [7, 11) is 1.57. The number of H-pyrrole nitrogens is 1. The van der Waals surface area contributed by atoms with Crippen molar-refractivity contribution in [1.82, 2.24) is 19.6 Å². The maximum absolute atomic E-state index is 13.3. The van der Waals surface area contributed by atoms with Gasteiger partial charge >= 0.3 is 0 Å². The van der Waals surface area contributed by atoms with Gasteiger partial charge in [-0.3, -0.25) is 4.79 Å². The Morgan fingerprint density at radius 3 is 2.59 bits per heavy atom. The Hall–Kier alpha value is -3.87. The highest BCUT2D eigenvalue weighted by Gasteiger charge is 2.22. The molecule has 144 valence electrons. The number of oxazole rings is 1. The van der Waals surface area contributed by atoms with Gasteiger partial charge in [-0.25, -0.2) is 4.98 Å². The number of benzene rings is 2. The lowest BCUT2D eigenvalue weighted by atomic mass is 10.1. The minimum Gasteiger partial charge on any atom is -0.494 e. The van der Waals surface area contributed by atoms with Crippen molar-refractivity contribution in [1.29, 1.82) is 0 Å². The molecular formula is C22H18N4O3. The highest BCUT2D eigenvalue weighted by Crippen LogP contribution is 2.31. The number of fused-ring (bicyclic) bond motifs is 2. The Labute approximate surface area is 165 Å². The van der Waals surface area contributed by atoms with E-state index in [2.05, 4.69) is 15.1 Å². The number of aryl methyl sites for hydroxylation is 2. The number of ether oxygens (including phenoxy) is 1. The number of nitrogens with one attached hydrogen (secondary N) is 1. The molecule has 0 bridgehead atoms. The molecule has 3 aromatic heterocycles. The van der Waals surface area contributed by atoms with Gasteiger partial charge < -0.3 is 14.1 Å². The lowest BCUT2D eigenvalue weighted by Crippen LogP contribution is -2.19. The molecule has 5 aromatic rings. The molecule has 0 unspecified atom stereocenters. The van der Waals surface area contributed by atoms with Crippen molar-refractivity contribution in [3.63, 3.8) is 0 Å². The molecule has 29 heavy (non-hydrogen) atoms. The van der Waals surface area contributed by atoms with Gasteiger partial charge in [0.15, 0.2) is 11.1 Å². The first-order chi connectivity index (χ1) is 14.1. The molecule has 0 fully saturated rings. The van der Waals surface area contributed by atoms with E-state index in [0.717, 1.165) is 16.8 Å². The first-order valence-corrected chi connectivity index (χ1v) is 9.20. The van der Waals surface area contributed by atoms with E-state index < -0.39 is 0 Å². The van der Waals surface area contributed by atoms with Crippen LogP contribution in [0.1, 0.15) is 11.4 Å². The van der Waals surface area contributed by atoms with Crippen LogP contribution in [-0.2, 0) is 0 Å². The van der Waals surface area contributed by atoms with E-state index in [-0.39, 0.29) is 11.4 Å². The predicted octanol–water partition coefficient (Wildman–Crippen LogP) is 4.12. The summed E-state index contributed by atoms with van der Waals surface area (Å²) < 4.78 is 12.6. The van der Waals surface area contributed by atoms with Gasteiger partial charge in [0.05, 0.1) is 12.8 Å². The molecule has 0 aliphatic rings. The van der Waals surface area contributed by atoms with Crippen LogP contribution in [0.3, 0.4) is 0 Å². The highest BCUT2D eigenvalue weighted by molar-refractivity contribution is 5.83. The van der Waals surface area contributed by atoms with Gasteiger partial charge in [0.2, 0.25) is 5.89 Å². The van der Waals surface area contributed by atoms with Crippen molar-refractivity contribution in [3.8, 4) is 28.3 Å². The van der Waals surface area contributed by atoms with Gasteiger partial charge in [0, 0.05) is 11.3 Å². The molecular weight excluding hydrogens is 368 g/mol. The van der Waals surface area contributed by atoms with Crippen molar-refractivity contribution in [3.05, 3.63) is 70.3 Å². The van der Waals surface area contributed by atoms with Crippen molar-refractivity contribution in [2.45, 2.75) is 13.8 Å². The molecule has 0 saturated heterocycles. The number of rotatable bonds is 3. The summed E-state index contributed by atoms with van der Waals surface area (Å²) in [6, 6.07) is 15.3. The molecule has 3 heterocycles. The van der Waals surface area contributed by atoms with Gasteiger partial charge in [-0.2, -0.15) is 9.61 Å². The molecule has 5 rings (SSSR count). The summed E-state index contributed by atoms with van der Waals surface area (Å²) in [5.74, 6) is 0.827. The SMILES string of the molecule is COc1cccc2oc(-c3c(C)[nH]c4c(-c5ccccc5)c(C)nn4c3=O)nc12. The molecule has 0 atom stereocenters. The Kier molecular flexibility index (Phi) is 3.77. The van der Waals surface area contributed by atoms with E-state index in [4.69, 9.17) is 9.15 Å². The average Bonchev–Trinajstić information content (AvgIpc) is 3.29. The largest absolute Gasteiger partial charge is 0.494 e. The van der Waals surface area contributed by atoms with E-state index in [0.29, 0.717) is 33.8 Å². The van der Waals surface area contributed by atoms with Crippen LogP contribution < -0.4 is 10.3 Å². The number of para-hydroxylation sites is 1. The van der Waals surface area contributed by atoms with Crippen LogP contribution in [-0.4, -0.2) is 26.7 Å². The van der Waals surface area contributed by atoms with E-state index in [1.807, 2.05) is 50.2 Å². The third-order valence-electron chi connectivity index (χ3n) is 5.03.